The zero-order valence-corrected chi connectivity index (χ0v) is 22.2. The van der Waals surface area contributed by atoms with Crippen molar-refractivity contribution in [1.29, 1.82) is 0 Å². The van der Waals surface area contributed by atoms with Crippen LogP contribution in [0, 0.1) is 12.5 Å². The molecule has 1 saturated carbocycles. The SMILES string of the molecule is [C-]#[N+]c1ccc2c(n1)c(N1C[C@@H](CC)N(C(C)c3ccc(OCC4CC4)cc3)C[C@@H]1CC)nc(=O)n2C. The van der Waals surface area contributed by atoms with Gasteiger partial charge in [0.05, 0.1) is 12.1 Å². The molecule has 1 aromatic carbocycles. The van der Waals surface area contributed by atoms with Gasteiger partial charge in [0, 0.05) is 38.3 Å². The average Bonchev–Trinajstić information content (AvgIpc) is 3.77. The molecule has 1 aliphatic heterocycles. The molecule has 194 valence electrons. The molecule has 5 rings (SSSR count). The van der Waals surface area contributed by atoms with Gasteiger partial charge in [-0.25, -0.2) is 4.79 Å². The van der Waals surface area contributed by atoms with Gasteiger partial charge in [-0.15, -0.1) is 4.98 Å². The highest BCUT2D eigenvalue weighted by Gasteiger charge is 2.37. The number of anilines is 1. The molecule has 0 radical (unpaired) electrons. The van der Waals surface area contributed by atoms with E-state index in [1.807, 2.05) is 0 Å². The summed E-state index contributed by atoms with van der Waals surface area (Å²) >= 11 is 0. The van der Waals surface area contributed by atoms with Gasteiger partial charge >= 0.3 is 5.69 Å². The normalized spacial score (nSPS) is 21.1. The summed E-state index contributed by atoms with van der Waals surface area (Å²) in [5.74, 6) is 2.59. The van der Waals surface area contributed by atoms with Crippen molar-refractivity contribution in [3.05, 3.63) is 63.9 Å². The largest absolute Gasteiger partial charge is 0.493 e. The summed E-state index contributed by atoms with van der Waals surface area (Å²) in [5.41, 5.74) is 2.29. The maximum atomic E-state index is 12.8. The van der Waals surface area contributed by atoms with Crippen molar-refractivity contribution in [2.75, 3.05) is 24.6 Å². The monoisotopic (exact) mass is 500 g/mol. The molecular formula is C29H36N6O2. The topological polar surface area (TPSA) is 67.9 Å². The Morgan fingerprint density at radius 1 is 1.05 bits per heavy atom. The zero-order valence-electron chi connectivity index (χ0n) is 22.2. The van der Waals surface area contributed by atoms with Crippen LogP contribution in [0.15, 0.2) is 41.2 Å². The Hall–Kier alpha value is -3.44. The number of pyridine rings is 1. The molecule has 0 N–H and O–H groups in total. The number of aromatic nitrogens is 3. The first kappa shape index (κ1) is 25.2. The Morgan fingerprint density at radius 3 is 2.43 bits per heavy atom. The summed E-state index contributed by atoms with van der Waals surface area (Å²) in [7, 11) is 1.70. The van der Waals surface area contributed by atoms with E-state index >= 15 is 0 Å². The van der Waals surface area contributed by atoms with Crippen LogP contribution in [0.25, 0.3) is 15.9 Å². The van der Waals surface area contributed by atoms with Crippen LogP contribution in [0.5, 0.6) is 5.75 Å². The predicted octanol–water partition coefficient (Wildman–Crippen LogP) is 5.11. The first-order chi connectivity index (χ1) is 17.9. The van der Waals surface area contributed by atoms with E-state index in [0.717, 1.165) is 44.2 Å². The Bertz CT molecular complexity index is 1360. The molecule has 1 unspecified atom stereocenters. The number of hydrogen-bond acceptors (Lipinski definition) is 6. The molecule has 0 amide bonds. The van der Waals surface area contributed by atoms with E-state index in [2.05, 4.69) is 69.6 Å². The van der Waals surface area contributed by atoms with Crippen molar-refractivity contribution in [2.24, 2.45) is 13.0 Å². The maximum absolute atomic E-state index is 12.8. The second-order valence-corrected chi connectivity index (χ2v) is 10.4. The number of nitrogens with zero attached hydrogens (tertiary/aromatic N) is 6. The number of aryl methyl sites for hydroxylation is 1. The van der Waals surface area contributed by atoms with Crippen LogP contribution in [0.4, 0.5) is 11.6 Å². The Kier molecular flexibility index (Phi) is 7.16. The van der Waals surface area contributed by atoms with Gasteiger partial charge in [0.25, 0.3) is 5.82 Å². The van der Waals surface area contributed by atoms with Gasteiger partial charge in [-0.05, 0) is 68.4 Å². The lowest BCUT2D eigenvalue weighted by atomic mass is 9.97. The highest BCUT2D eigenvalue weighted by atomic mass is 16.5. The van der Waals surface area contributed by atoms with Crippen LogP contribution in [0.3, 0.4) is 0 Å². The molecule has 1 saturated heterocycles. The van der Waals surface area contributed by atoms with Crippen LogP contribution < -0.4 is 15.3 Å². The number of hydrogen-bond donors (Lipinski definition) is 0. The second kappa shape index (κ2) is 10.5. The summed E-state index contributed by atoms with van der Waals surface area (Å²) in [6.45, 7) is 16.5. The quantitative estimate of drug-likeness (QED) is 0.401. The summed E-state index contributed by atoms with van der Waals surface area (Å²) in [4.78, 5) is 30.2. The first-order valence-electron chi connectivity index (χ1n) is 13.4. The van der Waals surface area contributed by atoms with Crippen molar-refractivity contribution >= 4 is 22.7 Å². The number of rotatable bonds is 8. The fraction of sp³-hybridized carbons (Fsp3) is 0.517. The van der Waals surface area contributed by atoms with E-state index in [1.54, 1.807) is 19.2 Å². The van der Waals surface area contributed by atoms with Crippen molar-refractivity contribution in [2.45, 2.75) is 64.6 Å². The van der Waals surface area contributed by atoms with Crippen LogP contribution in [0.1, 0.15) is 58.1 Å². The van der Waals surface area contributed by atoms with E-state index in [4.69, 9.17) is 11.3 Å². The van der Waals surface area contributed by atoms with Crippen molar-refractivity contribution < 1.29 is 4.74 Å². The molecule has 2 aliphatic rings. The smallest absolute Gasteiger partial charge is 0.350 e. The van der Waals surface area contributed by atoms with E-state index in [-0.39, 0.29) is 23.8 Å². The van der Waals surface area contributed by atoms with Crippen LogP contribution >= 0.6 is 0 Å². The maximum Gasteiger partial charge on any atom is 0.350 e. The number of ether oxygens (including phenoxy) is 1. The molecule has 0 spiro atoms. The molecule has 37 heavy (non-hydrogen) atoms. The molecule has 3 aromatic rings. The highest BCUT2D eigenvalue weighted by molar-refractivity contribution is 5.87. The van der Waals surface area contributed by atoms with E-state index in [9.17, 15) is 4.79 Å². The minimum absolute atomic E-state index is 0.174. The van der Waals surface area contributed by atoms with E-state index < -0.39 is 0 Å². The predicted molar refractivity (Wildman–Crippen MR) is 146 cm³/mol. The van der Waals surface area contributed by atoms with Crippen molar-refractivity contribution in [3.8, 4) is 5.75 Å². The summed E-state index contributed by atoms with van der Waals surface area (Å²) in [6, 6.07) is 12.7. The lowest BCUT2D eigenvalue weighted by Crippen LogP contribution is -2.59. The van der Waals surface area contributed by atoms with Gasteiger partial charge in [0.1, 0.15) is 5.75 Å². The summed E-state index contributed by atoms with van der Waals surface area (Å²) in [6.07, 6.45) is 4.47. The third-order valence-electron chi connectivity index (χ3n) is 8.03. The summed E-state index contributed by atoms with van der Waals surface area (Å²) < 4.78 is 7.45. The third kappa shape index (κ3) is 5.05. The fourth-order valence-corrected chi connectivity index (χ4v) is 5.41. The van der Waals surface area contributed by atoms with Crippen LogP contribution in [-0.4, -0.2) is 51.2 Å². The Morgan fingerprint density at radius 2 is 1.78 bits per heavy atom. The van der Waals surface area contributed by atoms with Gasteiger partial charge in [-0.3, -0.25) is 9.47 Å². The lowest BCUT2D eigenvalue weighted by Gasteiger charge is -2.49. The molecule has 3 atom stereocenters. The molecule has 2 fully saturated rings. The molecule has 8 nitrogen and oxygen atoms in total. The molecule has 8 heteroatoms. The van der Waals surface area contributed by atoms with Crippen LogP contribution in [-0.2, 0) is 7.05 Å². The Balaban J connectivity index is 1.42. The van der Waals surface area contributed by atoms with Gasteiger partial charge in [0.15, 0.2) is 5.82 Å². The first-order valence-corrected chi connectivity index (χ1v) is 13.4. The number of benzene rings is 1. The number of fused-ring (bicyclic) bond motifs is 1. The molecule has 0 bridgehead atoms. The highest BCUT2D eigenvalue weighted by Crippen LogP contribution is 2.35. The van der Waals surface area contributed by atoms with Gasteiger partial charge in [-0.2, -0.15) is 4.98 Å². The van der Waals surface area contributed by atoms with Crippen LogP contribution in [0.2, 0.25) is 0 Å². The van der Waals surface area contributed by atoms with Crippen molar-refractivity contribution in [1.82, 2.24) is 19.4 Å². The van der Waals surface area contributed by atoms with E-state index in [0.29, 0.717) is 22.7 Å². The lowest BCUT2D eigenvalue weighted by molar-refractivity contribution is 0.101. The van der Waals surface area contributed by atoms with E-state index in [1.165, 1.54) is 23.0 Å². The summed E-state index contributed by atoms with van der Waals surface area (Å²) in [5, 5.41) is 0. The fourth-order valence-electron chi connectivity index (χ4n) is 5.41. The zero-order chi connectivity index (χ0) is 26.1. The minimum atomic E-state index is -0.303. The van der Waals surface area contributed by atoms with Gasteiger partial charge in [-0.1, -0.05) is 32.6 Å². The van der Waals surface area contributed by atoms with Gasteiger partial charge < -0.3 is 14.5 Å². The van der Waals surface area contributed by atoms with Gasteiger partial charge in [0.2, 0.25) is 5.52 Å². The third-order valence-corrected chi connectivity index (χ3v) is 8.03. The molecule has 2 aromatic heterocycles. The number of piperazine rings is 1. The standard InChI is InChI=1S/C29H36N6O2/c1-6-22-17-35(28-27-25(33(5)29(36)32-28)14-15-26(30-4)31-27)23(7-2)16-34(22)19(3)21-10-12-24(13-11-21)37-18-20-8-9-20/h10-15,19-20,22-23H,6-9,16-18H2,1-3,5H3/t19?,22-,23+/m1/s1. The molecular weight excluding hydrogens is 464 g/mol. The van der Waals surface area contributed by atoms with Crippen molar-refractivity contribution in [3.63, 3.8) is 0 Å². The minimum Gasteiger partial charge on any atom is -0.493 e. The molecule has 1 aliphatic carbocycles. The molecule has 3 heterocycles. The Labute approximate surface area is 218 Å². The second-order valence-electron chi connectivity index (χ2n) is 10.4. The average molecular weight is 501 g/mol.